The van der Waals surface area contributed by atoms with Crippen LogP contribution in [-0.2, 0) is 4.79 Å². The van der Waals surface area contributed by atoms with Crippen molar-refractivity contribution < 1.29 is 19.4 Å². The van der Waals surface area contributed by atoms with E-state index in [9.17, 15) is 14.7 Å². The van der Waals surface area contributed by atoms with E-state index in [1.807, 2.05) is 19.1 Å². The van der Waals surface area contributed by atoms with E-state index in [0.717, 1.165) is 38.5 Å². The molecule has 1 aromatic carbocycles. The van der Waals surface area contributed by atoms with E-state index in [1.165, 1.54) is 12.1 Å². The quantitative estimate of drug-likeness (QED) is 0.139. The minimum absolute atomic E-state index is 0.00959. The van der Waals surface area contributed by atoms with Crippen molar-refractivity contribution in [2.24, 2.45) is 5.92 Å². The van der Waals surface area contributed by atoms with Crippen LogP contribution in [0.5, 0.6) is 5.75 Å². The number of rotatable bonds is 17. The van der Waals surface area contributed by atoms with Crippen LogP contribution in [0.1, 0.15) is 75.6 Å². The van der Waals surface area contributed by atoms with Crippen LogP contribution in [0, 0.1) is 5.92 Å². The standard InChI is InChI=1S/C31H40O4/c1-3-5-6-7-8-9-10-11-12-13-14-15-16-17-18-19-20-21-24-27(4-2)31(34)35-29-26-23-22-25-28(29)30(32)33/h5-6,8-9,11-12,14-15,17-18,20-23,25-27H,3-4,7,10,13,16,19,24H2,1-2H3,(H,32,33). The summed E-state index contributed by atoms with van der Waals surface area (Å²) in [4.78, 5) is 23.7. The molecule has 0 aliphatic carbocycles. The Balaban J connectivity index is 2.24. The molecule has 35 heavy (non-hydrogen) atoms. The Morgan fingerprint density at radius 1 is 0.743 bits per heavy atom. The zero-order valence-corrected chi connectivity index (χ0v) is 21.1. The molecule has 1 aromatic rings. The topological polar surface area (TPSA) is 63.6 Å². The molecular formula is C31H40O4. The molecule has 0 radical (unpaired) electrons. The van der Waals surface area contributed by atoms with Gasteiger partial charge in [-0.3, -0.25) is 4.79 Å². The van der Waals surface area contributed by atoms with Gasteiger partial charge in [-0.2, -0.15) is 0 Å². The smallest absolute Gasteiger partial charge is 0.339 e. The molecule has 188 valence electrons. The molecule has 0 bridgehead atoms. The van der Waals surface area contributed by atoms with Crippen LogP contribution in [0.15, 0.2) is 97.2 Å². The molecule has 1 N–H and O–H groups in total. The molecule has 4 nitrogen and oxygen atoms in total. The number of ether oxygens (including phenoxy) is 1. The summed E-state index contributed by atoms with van der Waals surface area (Å²) in [7, 11) is 0. The molecule has 0 aliphatic rings. The maximum Gasteiger partial charge on any atom is 0.339 e. The van der Waals surface area contributed by atoms with Gasteiger partial charge in [0.1, 0.15) is 11.3 Å². The number of hydrogen-bond donors (Lipinski definition) is 1. The van der Waals surface area contributed by atoms with Gasteiger partial charge in [-0.15, -0.1) is 0 Å². The summed E-state index contributed by atoms with van der Waals surface area (Å²) >= 11 is 0. The Hall–Kier alpha value is -3.40. The van der Waals surface area contributed by atoms with Crippen molar-refractivity contribution in [3.8, 4) is 5.75 Å². The molecule has 0 heterocycles. The molecule has 1 unspecified atom stereocenters. The molecule has 0 saturated heterocycles. The van der Waals surface area contributed by atoms with Gasteiger partial charge in [0, 0.05) is 0 Å². The van der Waals surface area contributed by atoms with Gasteiger partial charge in [-0.25, -0.2) is 4.79 Å². The highest BCUT2D eigenvalue weighted by Gasteiger charge is 2.20. The van der Waals surface area contributed by atoms with Crippen LogP contribution in [0.3, 0.4) is 0 Å². The maximum atomic E-state index is 12.5. The lowest BCUT2D eigenvalue weighted by molar-refractivity contribution is -0.138. The number of para-hydroxylation sites is 1. The lowest BCUT2D eigenvalue weighted by Gasteiger charge is -2.13. The van der Waals surface area contributed by atoms with Gasteiger partial charge in [-0.1, -0.05) is 98.9 Å². The second-order valence-corrected chi connectivity index (χ2v) is 7.98. The number of carboxylic acids is 1. The highest BCUT2D eigenvalue weighted by atomic mass is 16.5. The van der Waals surface area contributed by atoms with E-state index < -0.39 is 11.9 Å². The number of carbonyl (C=O) groups is 2. The summed E-state index contributed by atoms with van der Waals surface area (Å²) in [6.07, 6.45) is 32.7. The number of hydrogen-bond acceptors (Lipinski definition) is 3. The van der Waals surface area contributed by atoms with Crippen LogP contribution >= 0.6 is 0 Å². The van der Waals surface area contributed by atoms with Gasteiger partial charge in [0.25, 0.3) is 0 Å². The number of benzene rings is 1. The average Bonchev–Trinajstić information content (AvgIpc) is 2.85. The third-order valence-corrected chi connectivity index (χ3v) is 5.17. The number of allylic oxidation sites excluding steroid dienone is 12. The lowest BCUT2D eigenvalue weighted by atomic mass is 10.0. The fraction of sp³-hybridized carbons (Fsp3) is 0.355. The first-order valence-corrected chi connectivity index (χ1v) is 12.5. The fourth-order valence-electron chi connectivity index (χ4n) is 3.14. The molecule has 0 saturated carbocycles. The Labute approximate surface area is 211 Å². The molecule has 0 amide bonds. The Morgan fingerprint density at radius 3 is 1.66 bits per heavy atom. The van der Waals surface area contributed by atoms with E-state index in [-0.39, 0.29) is 17.2 Å². The van der Waals surface area contributed by atoms with Crippen molar-refractivity contribution in [2.45, 2.75) is 65.2 Å². The molecule has 0 fully saturated rings. The monoisotopic (exact) mass is 476 g/mol. The SMILES string of the molecule is CCC=CCC=CCC=CCC=CCC=CCC=CCC(CC)C(=O)Oc1ccccc1C(=O)O. The van der Waals surface area contributed by atoms with Crippen molar-refractivity contribution in [3.05, 3.63) is 103 Å². The Kier molecular flexibility index (Phi) is 16.9. The largest absolute Gasteiger partial charge is 0.478 e. The van der Waals surface area contributed by atoms with Crippen LogP contribution in [0.2, 0.25) is 0 Å². The second-order valence-electron chi connectivity index (χ2n) is 7.98. The summed E-state index contributed by atoms with van der Waals surface area (Å²) in [6.45, 7) is 4.07. The van der Waals surface area contributed by atoms with Crippen molar-refractivity contribution >= 4 is 11.9 Å². The number of carbonyl (C=O) groups excluding carboxylic acids is 1. The van der Waals surface area contributed by atoms with E-state index in [1.54, 1.807) is 12.1 Å². The normalized spacial score (nSPS) is 13.3. The third-order valence-electron chi connectivity index (χ3n) is 5.17. The summed E-state index contributed by atoms with van der Waals surface area (Å²) < 4.78 is 5.36. The zero-order valence-electron chi connectivity index (χ0n) is 21.1. The predicted molar refractivity (Wildman–Crippen MR) is 146 cm³/mol. The van der Waals surface area contributed by atoms with Gasteiger partial charge in [0.2, 0.25) is 0 Å². The minimum atomic E-state index is -1.11. The summed E-state index contributed by atoms with van der Waals surface area (Å²) in [5.74, 6) is -1.73. The molecule has 0 aliphatic heterocycles. The maximum absolute atomic E-state index is 12.5. The van der Waals surface area contributed by atoms with Crippen LogP contribution < -0.4 is 4.74 Å². The van der Waals surface area contributed by atoms with Crippen molar-refractivity contribution in [3.63, 3.8) is 0 Å². The van der Waals surface area contributed by atoms with Crippen LogP contribution in [0.4, 0.5) is 0 Å². The van der Waals surface area contributed by atoms with Gasteiger partial charge < -0.3 is 9.84 Å². The highest BCUT2D eigenvalue weighted by Crippen LogP contribution is 2.21. The number of esters is 1. The Morgan fingerprint density at radius 2 is 1.20 bits per heavy atom. The van der Waals surface area contributed by atoms with Gasteiger partial charge in [-0.05, 0) is 63.5 Å². The second kappa shape index (κ2) is 20.0. The lowest BCUT2D eigenvalue weighted by Crippen LogP contribution is -2.20. The van der Waals surface area contributed by atoms with E-state index in [4.69, 9.17) is 4.74 Å². The first-order valence-electron chi connectivity index (χ1n) is 12.5. The molecule has 1 atom stereocenters. The predicted octanol–water partition coefficient (Wildman–Crippen LogP) is 8.40. The van der Waals surface area contributed by atoms with E-state index in [2.05, 4.69) is 67.7 Å². The summed E-state index contributed by atoms with van der Waals surface area (Å²) in [5.41, 5.74) is -0.00959. The first kappa shape index (κ1) is 29.6. The minimum Gasteiger partial charge on any atom is -0.478 e. The number of carboxylic acid groups (broad SMARTS) is 1. The van der Waals surface area contributed by atoms with Gasteiger partial charge in [0.15, 0.2) is 0 Å². The zero-order chi connectivity index (χ0) is 25.6. The van der Waals surface area contributed by atoms with E-state index in [0.29, 0.717) is 12.8 Å². The summed E-state index contributed by atoms with van der Waals surface area (Å²) in [6, 6.07) is 6.19. The third kappa shape index (κ3) is 14.5. The van der Waals surface area contributed by atoms with Crippen molar-refractivity contribution in [1.82, 2.24) is 0 Å². The van der Waals surface area contributed by atoms with Crippen molar-refractivity contribution in [2.75, 3.05) is 0 Å². The number of aromatic carboxylic acids is 1. The fourth-order valence-corrected chi connectivity index (χ4v) is 3.14. The summed E-state index contributed by atoms with van der Waals surface area (Å²) in [5, 5.41) is 9.23. The van der Waals surface area contributed by atoms with Crippen molar-refractivity contribution in [1.29, 1.82) is 0 Å². The molecule has 0 aromatic heterocycles. The molecule has 4 heteroatoms. The molecule has 0 spiro atoms. The average molecular weight is 477 g/mol. The van der Waals surface area contributed by atoms with Gasteiger partial charge in [0.05, 0.1) is 5.92 Å². The van der Waals surface area contributed by atoms with E-state index >= 15 is 0 Å². The Bertz CT molecular complexity index is 916. The first-order chi connectivity index (χ1) is 17.1. The molecule has 1 rings (SSSR count). The van der Waals surface area contributed by atoms with Crippen LogP contribution in [0.25, 0.3) is 0 Å². The highest BCUT2D eigenvalue weighted by molar-refractivity contribution is 5.92. The van der Waals surface area contributed by atoms with Gasteiger partial charge >= 0.3 is 11.9 Å². The van der Waals surface area contributed by atoms with Crippen LogP contribution in [-0.4, -0.2) is 17.0 Å². The molecular weight excluding hydrogens is 436 g/mol.